The molecule has 5 rings (SSSR count). The molecule has 0 unspecified atom stereocenters. The minimum absolute atomic E-state index is 0. The molecule has 0 atom stereocenters. The highest BCUT2D eigenvalue weighted by Gasteiger charge is 2.34. The highest BCUT2D eigenvalue weighted by molar-refractivity contribution is 5.85. The number of rotatable bonds is 7. The summed E-state index contributed by atoms with van der Waals surface area (Å²) in [5, 5.41) is 0. The zero-order valence-corrected chi connectivity index (χ0v) is 22.5. The van der Waals surface area contributed by atoms with Crippen molar-refractivity contribution < 1.29 is 9.15 Å². The van der Waals surface area contributed by atoms with Crippen LogP contribution in [0.1, 0.15) is 69.4 Å². The lowest BCUT2D eigenvalue weighted by atomic mass is 9.66. The summed E-state index contributed by atoms with van der Waals surface area (Å²) in [6.07, 6.45) is 11.7. The van der Waals surface area contributed by atoms with Gasteiger partial charge in [-0.25, -0.2) is 0 Å². The number of hydrogen-bond acceptors (Lipinski definition) is 5. The second kappa shape index (κ2) is 12.0. The number of nitrogens with zero attached hydrogens (tertiary/aromatic N) is 3. The lowest BCUT2D eigenvalue weighted by molar-refractivity contribution is 0.122. The van der Waals surface area contributed by atoms with Crippen LogP contribution in [0.5, 0.6) is 0 Å². The maximum atomic E-state index is 5.62. The number of anilines is 2. The average Bonchev–Trinajstić information content (AvgIpc) is 3.42. The van der Waals surface area contributed by atoms with Crippen LogP contribution in [0.3, 0.4) is 0 Å². The smallest absolute Gasteiger partial charge is 0.0947 e. The Balaban J connectivity index is 0.00000289. The van der Waals surface area contributed by atoms with E-state index in [1.807, 2.05) is 6.26 Å². The monoisotopic (exact) mass is 501 g/mol. The highest BCUT2D eigenvalue weighted by Crippen LogP contribution is 2.49. The van der Waals surface area contributed by atoms with Gasteiger partial charge in [0, 0.05) is 62.8 Å². The molecule has 3 fully saturated rings. The summed E-state index contributed by atoms with van der Waals surface area (Å²) in [6.45, 7) is 13.9. The van der Waals surface area contributed by atoms with Gasteiger partial charge in [0.05, 0.1) is 25.7 Å². The Morgan fingerprint density at radius 1 is 0.886 bits per heavy atom. The predicted octanol–water partition coefficient (Wildman–Crippen LogP) is 6.32. The first kappa shape index (κ1) is 26.4. The minimum atomic E-state index is 0. The van der Waals surface area contributed by atoms with Crippen molar-refractivity contribution in [2.45, 2.75) is 64.8 Å². The molecule has 2 aromatic rings. The Labute approximate surface area is 218 Å². The van der Waals surface area contributed by atoms with E-state index in [1.54, 1.807) is 11.8 Å². The molecular weight excluding hydrogens is 458 g/mol. The second-order valence-corrected chi connectivity index (χ2v) is 10.7. The Hall–Kier alpha value is -1.69. The predicted molar refractivity (Wildman–Crippen MR) is 147 cm³/mol. The fourth-order valence-corrected chi connectivity index (χ4v) is 6.46. The molecule has 0 amide bonds. The number of furan rings is 1. The van der Waals surface area contributed by atoms with Crippen LogP contribution in [0, 0.1) is 5.41 Å². The second-order valence-electron chi connectivity index (χ2n) is 10.7. The van der Waals surface area contributed by atoms with Crippen LogP contribution < -0.4 is 9.80 Å². The van der Waals surface area contributed by atoms with Crippen LogP contribution in [-0.4, -0.2) is 57.4 Å². The van der Waals surface area contributed by atoms with Crippen molar-refractivity contribution in [1.82, 2.24) is 4.90 Å². The van der Waals surface area contributed by atoms with Gasteiger partial charge < -0.3 is 19.0 Å². The topological polar surface area (TPSA) is 32.1 Å². The normalized spacial score (nSPS) is 21.7. The number of hydrogen-bond donors (Lipinski definition) is 0. The van der Waals surface area contributed by atoms with Crippen LogP contribution in [0.25, 0.3) is 0 Å². The van der Waals surface area contributed by atoms with E-state index in [0.29, 0.717) is 11.3 Å². The SMILES string of the molecule is CCC1(CC)CCC(c2cc(N3CCOCC3)ccc2N2CCN(Cc3ccoc3)CC2)CC1.Cl. The van der Waals surface area contributed by atoms with Gasteiger partial charge in [-0.15, -0.1) is 12.4 Å². The Morgan fingerprint density at radius 2 is 1.60 bits per heavy atom. The van der Waals surface area contributed by atoms with Crippen molar-refractivity contribution in [2.24, 2.45) is 5.41 Å². The van der Waals surface area contributed by atoms with Gasteiger partial charge >= 0.3 is 0 Å². The molecule has 2 saturated heterocycles. The summed E-state index contributed by atoms with van der Waals surface area (Å²) in [5.41, 5.74) is 6.35. The Kier molecular flexibility index (Phi) is 9.07. The van der Waals surface area contributed by atoms with Crippen molar-refractivity contribution in [3.05, 3.63) is 47.9 Å². The Bertz CT molecular complexity index is 891. The van der Waals surface area contributed by atoms with Crippen molar-refractivity contribution in [2.75, 3.05) is 62.3 Å². The molecule has 2 aliphatic heterocycles. The first-order chi connectivity index (χ1) is 16.7. The van der Waals surface area contributed by atoms with Gasteiger partial charge in [-0.3, -0.25) is 4.90 Å². The molecule has 3 heterocycles. The minimum Gasteiger partial charge on any atom is -0.472 e. The molecule has 0 radical (unpaired) electrons. The Morgan fingerprint density at radius 3 is 2.23 bits per heavy atom. The third-order valence-corrected chi connectivity index (χ3v) is 9.07. The van der Waals surface area contributed by atoms with Crippen LogP contribution in [0.2, 0.25) is 0 Å². The molecule has 0 spiro atoms. The molecular formula is C29H44ClN3O2. The van der Waals surface area contributed by atoms with Crippen LogP contribution in [0.4, 0.5) is 11.4 Å². The van der Waals surface area contributed by atoms with Gasteiger partial charge in [0.25, 0.3) is 0 Å². The summed E-state index contributed by atoms with van der Waals surface area (Å²) in [6, 6.07) is 9.44. The molecule has 35 heavy (non-hydrogen) atoms. The van der Waals surface area contributed by atoms with E-state index in [9.17, 15) is 0 Å². The molecule has 194 valence electrons. The lowest BCUT2D eigenvalue weighted by Gasteiger charge is -2.42. The molecule has 3 aliphatic rings. The molecule has 0 bridgehead atoms. The molecule has 6 heteroatoms. The standard InChI is InChI=1S/C29H43N3O2.ClH/c1-3-29(4-2)10-7-25(8-11-29)27-21-26(31-16-19-33-20-17-31)5-6-28(27)32-14-12-30(13-15-32)22-24-9-18-34-23-24;/h5-6,9,18,21,23,25H,3-4,7-8,10-17,19-20,22H2,1-2H3;1H. The van der Waals surface area contributed by atoms with E-state index >= 15 is 0 Å². The maximum Gasteiger partial charge on any atom is 0.0947 e. The number of morpholine rings is 1. The van der Waals surface area contributed by atoms with Crippen molar-refractivity contribution >= 4 is 23.8 Å². The van der Waals surface area contributed by atoms with E-state index in [1.165, 1.54) is 55.5 Å². The summed E-state index contributed by atoms with van der Waals surface area (Å²) in [5.74, 6) is 0.686. The molecule has 0 N–H and O–H groups in total. The molecule has 1 saturated carbocycles. The lowest BCUT2D eigenvalue weighted by Crippen LogP contribution is -2.46. The third-order valence-electron chi connectivity index (χ3n) is 9.07. The van der Waals surface area contributed by atoms with E-state index in [0.717, 1.165) is 59.0 Å². The van der Waals surface area contributed by atoms with Gasteiger partial charge in [0.15, 0.2) is 0 Å². The van der Waals surface area contributed by atoms with Crippen molar-refractivity contribution in [3.63, 3.8) is 0 Å². The largest absolute Gasteiger partial charge is 0.472 e. The third kappa shape index (κ3) is 6.00. The summed E-state index contributed by atoms with van der Waals surface area (Å²) in [4.78, 5) is 7.73. The van der Waals surface area contributed by atoms with Crippen LogP contribution >= 0.6 is 12.4 Å². The summed E-state index contributed by atoms with van der Waals surface area (Å²) < 4.78 is 10.9. The fourth-order valence-electron chi connectivity index (χ4n) is 6.46. The van der Waals surface area contributed by atoms with E-state index in [-0.39, 0.29) is 12.4 Å². The van der Waals surface area contributed by atoms with Gasteiger partial charge in [0.2, 0.25) is 0 Å². The van der Waals surface area contributed by atoms with Gasteiger partial charge in [-0.1, -0.05) is 26.7 Å². The number of piperazine rings is 1. The molecule has 5 nitrogen and oxygen atoms in total. The van der Waals surface area contributed by atoms with Crippen molar-refractivity contribution in [1.29, 1.82) is 0 Å². The molecule has 1 aromatic heterocycles. The average molecular weight is 502 g/mol. The first-order valence-electron chi connectivity index (χ1n) is 13.6. The maximum absolute atomic E-state index is 5.62. The van der Waals surface area contributed by atoms with Crippen LogP contribution in [0.15, 0.2) is 41.2 Å². The summed E-state index contributed by atoms with van der Waals surface area (Å²) >= 11 is 0. The molecule has 1 aromatic carbocycles. The number of ether oxygens (including phenoxy) is 1. The van der Waals surface area contributed by atoms with Gasteiger partial charge in [-0.2, -0.15) is 0 Å². The zero-order valence-electron chi connectivity index (χ0n) is 21.7. The van der Waals surface area contributed by atoms with Crippen LogP contribution in [-0.2, 0) is 11.3 Å². The fraction of sp³-hybridized carbons (Fsp3) is 0.655. The highest BCUT2D eigenvalue weighted by atomic mass is 35.5. The molecule has 1 aliphatic carbocycles. The zero-order chi connectivity index (χ0) is 23.4. The van der Waals surface area contributed by atoms with Gasteiger partial charge in [0.1, 0.15) is 0 Å². The van der Waals surface area contributed by atoms with Gasteiger partial charge in [-0.05, 0) is 66.8 Å². The number of benzene rings is 1. The van der Waals surface area contributed by atoms with E-state index in [2.05, 4.69) is 52.8 Å². The van der Waals surface area contributed by atoms with E-state index < -0.39 is 0 Å². The summed E-state index contributed by atoms with van der Waals surface area (Å²) in [7, 11) is 0. The van der Waals surface area contributed by atoms with E-state index in [4.69, 9.17) is 9.15 Å². The first-order valence-corrected chi connectivity index (χ1v) is 13.6. The number of halogens is 1. The quantitative estimate of drug-likeness (QED) is 0.443. The van der Waals surface area contributed by atoms with Crippen molar-refractivity contribution in [3.8, 4) is 0 Å².